The third-order valence-corrected chi connectivity index (χ3v) is 4.04. The molecule has 1 aliphatic rings. The predicted molar refractivity (Wildman–Crippen MR) is 81.9 cm³/mol. The van der Waals surface area contributed by atoms with Crippen molar-refractivity contribution in [2.24, 2.45) is 13.0 Å². The maximum atomic E-state index is 14.2. The lowest BCUT2D eigenvalue weighted by atomic mass is 9.94. The number of halogens is 2. The molecule has 0 aromatic carbocycles. The first-order chi connectivity index (χ1) is 11.5. The highest BCUT2D eigenvalue weighted by Crippen LogP contribution is 2.34. The molecule has 1 amide bonds. The largest absolute Gasteiger partial charge is 0.477 e. The molecule has 24 heavy (non-hydrogen) atoms. The molecule has 1 aliphatic heterocycles. The van der Waals surface area contributed by atoms with E-state index in [1.54, 1.807) is 37.5 Å². The van der Waals surface area contributed by atoms with Crippen LogP contribution in [0.4, 0.5) is 8.78 Å². The van der Waals surface area contributed by atoms with Crippen LogP contribution in [-0.2, 0) is 7.05 Å². The van der Waals surface area contributed by atoms with E-state index in [1.165, 1.54) is 15.8 Å². The Hall–Kier alpha value is -2.51. The summed E-state index contributed by atoms with van der Waals surface area (Å²) in [6.07, 6.45) is 2.79. The van der Waals surface area contributed by atoms with Crippen molar-refractivity contribution in [3.8, 4) is 5.88 Å². The first-order valence-electron chi connectivity index (χ1n) is 7.66. The minimum Gasteiger partial charge on any atom is -0.477 e. The molecule has 0 spiro atoms. The lowest BCUT2D eigenvalue weighted by Gasteiger charge is -2.37. The molecule has 0 saturated carbocycles. The van der Waals surface area contributed by atoms with Crippen molar-refractivity contribution in [2.45, 2.75) is 12.3 Å². The molecule has 1 unspecified atom stereocenters. The van der Waals surface area contributed by atoms with Crippen LogP contribution in [-0.4, -0.2) is 51.2 Å². The summed E-state index contributed by atoms with van der Waals surface area (Å²) in [5.41, 5.74) is 0.257. The number of piperidine rings is 1. The van der Waals surface area contributed by atoms with Crippen LogP contribution < -0.4 is 4.74 Å². The van der Waals surface area contributed by atoms with Gasteiger partial charge in [-0.25, -0.2) is 13.8 Å². The summed E-state index contributed by atoms with van der Waals surface area (Å²) in [7, 11) is 1.70. The molecule has 0 aliphatic carbocycles. The molecule has 0 N–H and O–H groups in total. The minimum absolute atomic E-state index is 0.00247. The van der Waals surface area contributed by atoms with Gasteiger partial charge in [-0.2, -0.15) is 5.10 Å². The van der Waals surface area contributed by atoms with Gasteiger partial charge in [0.25, 0.3) is 11.8 Å². The van der Waals surface area contributed by atoms with Gasteiger partial charge in [-0.1, -0.05) is 6.07 Å². The molecular formula is C16H18F2N4O2. The van der Waals surface area contributed by atoms with Crippen molar-refractivity contribution < 1.29 is 18.3 Å². The van der Waals surface area contributed by atoms with E-state index in [-0.39, 0.29) is 37.7 Å². The van der Waals surface area contributed by atoms with E-state index < -0.39 is 11.8 Å². The molecule has 128 valence electrons. The van der Waals surface area contributed by atoms with Gasteiger partial charge < -0.3 is 9.64 Å². The molecule has 2 aromatic heterocycles. The number of hydrogen-bond acceptors (Lipinski definition) is 4. The number of carbonyl (C=O) groups is 1. The van der Waals surface area contributed by atoms with Gasteiger partial charge >= 0.3 is 0 Å². The normalized spacial score (nSPS) is 20.0. The predicted octanol–water partition coefficient (Wildman–Crippen LogP) is 1.99. The Morgan fingerprint density at radius 3 is 2.92 bits per heavy atom. The van der Waals surface area contributed by atoms with Gasteiger partial charge in [-0.3, -0.25) is 9.48 Å². The molecule has 3 rings (SSSR count). The van der Waals surface area contributed by atoms with Crippen molar-refractivity contribution in [1.29, 1.82) is 0 Å². The van der Waals surface area contributed by atoms with E-state index in [9.17, 15) is 13.6 Å². The number of hydrogen-bond donors (Lipinski definition) is 0. The first kappa shape index (κ1) is 16.4. The molecule has 0 radical (unpaired) electrons. The molecule has 1 atom stereocenters. The van der Waals surface area contributed by atoms with Gasteiger partial charge in [-0.15, -0.1) is 0 Å². The topological polar surface area (TPSA) is 60.2 Å². The SMILES string of the molecule is Cn1ccc(C(=O)N2CCC(F)(F)C(COc3ccccn3)C2)n1. The summed E-state index contributed by atoms with van der Waals surface area (Å²) in [6.45, 7) is -0.270. The fraction of sp³-hybridized carbons (Fsp3) is 0.438. The maximum Gasteiger partial charge on any atom is 0.274 e. The number of rotatable bonds is 4. The molecule has 8 heteroatoms. The van der Waals surface area contributed by atoms with Crippen LogP contribution in [0.5, 0.6) is 5.88 Å². The fourth-order valence-corrected chi connectivity index (χ4v) is 2.65. The number of alkyl halides is 2. The monoisotopic (exact) mass is 336 g/mol. The zero-order valence-corrected chi connectivity index (χ0v) is 13.2. The molecule has 1 fully saturated rings. The van der Waals surface area contributed by atoms with Gasteiger partial charge in [-0.05, 0) is 12.1 Å². The van der Waals surface area contributed by atoms with E-state index >= 15 is 0 Å². The average molecular weight is 336 g/mol. The van der Waals surface area contributed by atoms with Crippen LogP contribution in [0.2, 0.25) is 0 Å². The van der Waals surface area contributed by atoms with Crippen LogP contribution in [0, 0.1) is 5.92 Å². The summed E-state index contributed by atoms with van der Waals surface area (Å²) >= 11 is 0. The Kier molecular flexibility index (Phi) is 4.46. The molecule has 0 bridgehead atoms. The number of carbonyl (C=O) groups excluding carboxylic acids is 1. The summed E-state index contributed by atoms with van der Waals surface area (Å²) in [4.78, 5) is 17.8. The quantitative estimate of drug-likeness (QED) is 0.857. The Morgan fingerprint density at radius 1 is 1.42 bits per heavy atom. The molecular weight excluding hydrogens is 318 g/mol. The lowest BCUT2D eigenvalue weighted by Crippen LogP contribution is -2.51. The third-order valence-electron chi connectivity index (χ3n) is 4.04. The highest BCUT2D eigenvalue weighted by atomic mass is 19.3. The van der Waals surface area contributed by atoms with Crippen LogP contribution in [0.25, 0.3) is 0 Å². The standard InChI is InChI=1S/C16H18F2N4O2/c1-21-8-5-13(20-21)15(23)22-9-6-16(17,18)12(10-22)11-24-14-4-2-3-7-19-14/h2-5,7-8,12H,6,9-11H2,1H3. The highest BCUT2D eigenvalue weighted by molar-refractivity contribution is 5.92. The molecule has 6 nitrogen and oxygen atoms in total. The van der Waals surface area contributed by atoms with Gasteiger partial charge in [0, 0.05) is 45.0 Å². The Morgan fingerprint density at radius 2 is 2.25 bits per heavy atom. The molecule has 1 saturated heterocycles. The summed E-state index contributed by atoms with van der Waals surface area (Å²) in [5.74, 6) is -4.01. The lowest BCUT2D eigenvalue weighted by molar-refractivity contribution is -0.110. The highest BCUT2D eigenvalue weighted by Gasteiger charge is 2.45. The van der Waals surface area contributed by atoms with Crippen molar-refractivity contribution in [1.82, 2.24) is 19.7 Å². The van der Waals surface area contributed by atoms with E-state index in [4.69, 9.17) is 4.74 Å². The van der Waals surface area contributed by atoms with E-state index in [0.717, 1.165) is 0 Å². The molecule has 2 aromatic rings. The number of aromatic nitrogens is 3. The second-order valence-corrected chi connectivity index (χ2v) is 5.81. The number of pyridine rings is 1. The van der Waals surface area contributed by atoms with Gasteiger partial charge in [0.2, 0.25) is 5.88 Å². The number of aryl methyl sites for hydroxylation is 1. The number of nitrogens with zero attached hydrogens (tertiary/aromatic N) is 4. The zero-order chi connectivity index (χ0) is 17.2. The second-order valence-electron chi connectivity index (χ2n) is 5.81. The number of ether oxygens (including phenoxy) is 1. The van der Waals surface area contributed by atoms with Crippen LogP contribution in [0.3, 0.4) is 0 Å². The second kappa shape index (κ2) is 6.54. The van der Waals surface area contributed by atoms with E-state index in [0.29, 0.717) is 5.88 Å². The van der Waals surface area contributed by atoms with Crippen LogP contribution in [0.15, 0.2) is 36.7 Å². The summed E-state index contributed by atoms with van der Waals surface area (Å²) in [6, 6.07) is 6.62. The van der Waals surface area contributed by atoms with Crippen molar-refractivity contribution in [3.05, 3.63) is 42.4 Å². The Labute approximate surface area is 138 Å². The van der Waals surface area contributed by atoms with Gasteiger partial charge in [0.15, 0.2) is 0 Å². The molecule has 3 heterocycles. The van der Waals surface area contributed by atoms with Crippen LogP contribution >= 0.6 is 0 Å². The first-order valence-corrected chi connectivity index (χ1v) is 7.66. The van der Waals surface area contributed by atoms with Crippen molar-refractivity contribution in [3.63, 3.8) is 0 Å². The third kappa shape index (κ3) is 3.52. The fourth-order valence-electron chi connectivity index (χ4n) is 2.65. The smallest absolute Gasteiger partial charge is 0.274 e. The van der Waals surface area contributed by atoms with Gasteiger partial charge in [0.1, 0.15) is 12.3 Å². The van der Waals surface area contributed by atoms with Crippen LogP contribution in [0.1, 0.15) is 16.9 Å². The summed E-state index contributed by atoms with van der Waals surface area (Å²) < 4.78 is 35.2. The number of amides is 1. The Balaban J connectivity index is 1.67. The van der Waals surface area contributed by atoms with Gasteiger partial charge in [0.05, 0.1) is 5.92 Å². The number of likely N-dealkylation sites (tertiary alicyclic amines) is 1. The Bertz CT molecular complexity index is 705. The maximum absolute atomic E-state index is 14.2. The van der Waals surface area contributed by atoms with E-state index in [2.05, 4.69) is 10.1 Å². The van der Waals surface area contributed by atoms with Crippen molar-refractivity contribution in [2.75, 3.05) is 19.7 Å². The summed E-state index contributed by atoms with van der Waals surface area (Å²) in [5, 5.41) is 4.04. The zero-order valence-electron chi connectivity index (χ0n) is 13.2. The minimum atomic E-state index is -2.88. The van der Waals surface area contributed by atoms with Crippen molar-refractivity contribution >= 4 is 5.91 Å². The van der Waals surface area contributed by atoms with E-state index in [1.807, 2.05) is 0 Å². The average Bonchev–Trinajstić information content (AvgIpc) is 3.00.